The Bertz CT molecular complexity index is 1340. The van der Waals surface area contributed by atoms with Gasteiger partial charge in [-0.2, -0.15) is 0 Å². The Balaban J connectivity index is 0.00000408. The monoisotopic (exact) mass is 492 g/mol. The third kappa shape index (κ3) is 5.62. The Morgan fingerprint density at radius 1 is 1.18 bits per heavy atom. The maximum atomic E-state index is 15.0. The first kappa shape index (κ1) is 27.4. The van der Waals surface area contributed by atoms with E-state index in [0.717, 1.165) is 6.07 Å². The molecule has 0 aliphatic rings. The van der Waals surface area contributed by atoms with E-state index in [-0.39, 0.29) is 71.3 Å². The second-order valence-electron chi connectivity index (χ2n) is 6.87. The van der Waals surface area contributed by atoms with Gasteiger partial charge in [0, 0.05) is 41.0 Å². The Labute approximate surface area is 222 Å². The van der Waals surface area contributed by atoms with Crippen LogP contribution < -0.4 is 35.0 Å². The predicted octanol–water partition coefficient (Wildman–Crippen LogP) is 1.03. The standard InChI is InChI=1S/C24H19ClFN2O5.Na/c1-3-32-23(30)17(11-27)15-10-21-16(9-20(15)26)22(29)18(24(31)33-4-2)13-28(21)12-14-7-5-6-8-19(14)25;/h5-10,13H,3-4,12H2,1-2H3;/q-1;+1. The third-order valence-corrected chi connectivity index (χ3v) is 5.19. The maximum absolute atomic E-state index is 15.0. The molecule has 0 amide bonds. The molecule has 170 valence electrons. The van der Waals surface area contributed by atoms with E-state index in [0.29, 0.717) is 10.6 Å². The second-order valence-corrected chi connectivity index (χ2v) is 7.28. The number of benzene rings is 2. The van der Waals surface area contributed by atoms with Crippen molar-refractivity contribution in [1.82, 2.24) is 4.57 Å². The fourth-order valence-electron chi connectivity index (χ4n) is 3.32. The number of carbonyl (C=O) groups excluding carboxylic acids is 2. The van der Waals surface area contributed by atoms with Crippen molar-refractivity contribution >= 4 is 34.4 Å². The average Bonchev–Trinajstić information content (AvgIpc) is 2.78. The van der Waals surface area contributed by atoms with Crippen LogP contribution in [-0.4, -0.2) is 29.7 Å². The van der Waals surface area contributed by atoms with Gasteiger partial charge in [-0.25, -0.2) is 10.1 Å². The SMILES string of the molecule is CCOC(=O)c1cn(Cc2ccccc2Cl)c2cc([C-](C#N)C(=O)OCC)c(F)cc2c1=O.[Na+]. The number of nitriles is 1. The number of esters is 2. The van der Waals surface area contributed by atoms with Crippen LogP contribution in [0.4, 0.5) is 4.39 Å². The quantitative estimate of drug-likeness (QED) is 0.278. The summed E-state index contributed by atoms with van der Waals surface area (Å²) >= 11 is 6.28. The van der Waals surface area contributed by atoms with Crippen LogP contribution in [-0.2, 0) is 20.8 Å². The molecule has 1 heterocycles. The summed E-state index contributed by atoms with van der Waals surface area (Å²) in [5.74, 6) is -3.35. The number of halogens is 2. The van der Waals surface area contributed by atoms with Gasteiger partial charge in [-0.1, -0.05) is 35.9 Å². The number of carbonyl (C=O) groups is 2. The Morgan fingerprint density at radius 2 is 1.85 bits per heavy atom. The first-order chi connectivity index (χ1) is 15.8. The molecule has 0 aliphatic heterocycles. The molecular weight excluding hydrogens is 474 g/mol. The second kappa shape index (κ2) is 12.0. The number of ether oxygens (including phenoxy) is 2. The first-order valence-corrected chi connectivity index (χ1v) is 10.4. The van der Waals surface area contributed by atoms with E-state index in [9.17, 15) is 24.0 Å². The molecule has 2 aromatic carbocycles. The molecule has 0 bridgehead atoms. The molecule has 0 aliphatic carbocycles. The Kier molecular flexibility index (Phi) is 9.71. The van der Waals surface area contributed by atoms with Gasteiger partial charge in [-0.05, 0) is 31.0 Å². The number of nitrogens with zero attached hydrogens (tertiary/aromatic N) is 2. The summed E-state index contributed by atoms with van der Waals surface area (Å²) in [5, 5.41) is 9.77. The fraction of sp³-hybridized carbons (Fsp3) is 0.208. The van der Waals surface area contributed by atoms with E-state index >= 15 is 0 Å². The fourth-order valence-corrected chi connectivity index (χ4v) is 3.51. The van der Waals surface area contributed by atoms with Gasteiger partial charge in [-0.3, -0.25) is 14.0 Å². The van der Waals surface area contributed by atoms with Gasteiger partial charge < -0.3 is 14.0 Å². The molecule has 1 aromatic heterocycles. The van der Waals surface area contributed by atoms with E-state index in [1.807, 2.05) is 0 Å². The van der Waals surface area contributed by atoms with Crippen LogP contribution in [0.25, 0.3) is 10.9 Å². The van der Waals surface area contributed by atoms with Crippen LogP contribution in [0.5, 0.6) is 0 Å². The maximum Gasteiger partial charge on any atom is 1.00 e. The summed E-state index contributed by atoms with van der Waals surface area (Å²) in [7, 11) is 0. The average molecular weight is 493 g/mol. The summed E-state index contributed by atoms with van der Waals surface area (Å²) < 4.78 is 26.3. The summed E-state index contributed by atoms with van der Waals surface area (Å²) in [6.45, 7) is 3.33. The van der Waals surface area contributed by atoms with E-state index in [1.165, 1.54) is 16.8 Å². The number of rotatable bonds is 7. The van der Waals surface area contributed by atoms with Crippen molar-refractivity contribution in [3.05, 3.63) is 86.3 Å². The molecule has 0 N–H and O–H groups in total. The molecular formula is C24H19ClFN2NaO5. The topological polar surface area (TPSA) is 98.4 Å². The Hall–Kier alpha value is -2.83. The Morgan fingerprint density at radius 3 is 2.47 bits per heavy atom. The molecule has 0 unspecified atom stereocenters. The molecule has 0 spiro atoms. The van der Waals surface area contributed by atoms with Crippen LogP contribution >= 0.6 is 11.6 Å². The largest absolute Gasteiger partial charge is 1.00 e. The van der Waals surface area contributed by atoms with Gasteiger partial charge in [0.05, 0.1) is 13.2 Å². The van der Waals surface area contributed by atoms with E-state index in [1.54, 1.807) is 44.2 Å². The van der Waals surface area contributed by atoms with Crippen LogP contribution in [0, 0.1) is 23.1 Å². The van der Waals surface area contributed by atoms with Crippen molar-refractivity contribution < 1.29 is 53.0 Å². The number of pyridine rings is 1. The molecule has 0 atom stereocenters. The van der Waals surface area contributed by atoms with Crippen molar-refractivity contribution in [3.8, 4) is 6.07 Å². The summed E-state index contributed by atoms with van der Waals surface area (Å²) in [6.07, 6.45) is 1.30. The van der Waals surface area contributed by atoms with Crippen molar-refractivity contribution in [3.63, 3.8) is 0 Å². The van der Waals surface area contributed by atoms with Gasteiger partial charge in [-0.15, -0.1) is 11.6 Å². The minimum Gasteiger partial charge on any atom is -0.471 e. The molecule has 3 rings (SSSR count). The third-order valence-electron chi connectivity index (χ3n) is 4.82. The normalized spacial score (nSPS) is 10.2. The molecule has 0 saturated carbocycles. The zero-order valence-corrected chi connectivity index (χ0v) is 21.6. The van der Waals surface area contributed by atoms with E-state index in [4.69, 9.17) is 21.1 Å². The summed E-state index contributed by atoms with van der Waals surface area (Å²) in [5.41, 5.74) is -0.474. The molecule has 0 saturated heterocycles. The zero-order chi connectivity index (χ0) is 24.1. The number of aromatic nitrogens is 1. The van der Waals surface area contributed by atoms with Crippen molar-refractivity contribution in [2.45, 2.75) is 20.4 Å². The smallest absolute Gasteiger partial charge is 0.471 e. The minimum absolute atomic E-state index is 0. The van der Waals surface area contributed by atoms with E-state index in [2.05, 4.69) is 0 Å². The van der Waals surface area contributed by atoms with Crippen LogP contribution in [0.15, 0.2) is 47.4 Å². The molecule has 0 fully saturated rings. The van der Waals surface area contributed by atoms with Gasteiger partial charge in [0.25, 0.3) is 5.97 Å². The van der Waals surface area contributed by atoms with Crippen molar-refractivity contribution in [2.75, 3.05) is 13.2 Å². The first-order valence-electron chi connectivity index (χ1n) is 10.0. The van der Waals surface area contributed by atoms with E-state index < -0.39 is 29.1 Å². The van der Waals surface area contributed by atoms with Gasteiger partial charge in [0.2, 0.25) is 5.43 Å². The predicted molar refractivity (Wildman–Crippen MR) is 119 cm³/mol. The molecule has 7 nitrogen and oxygen atoms in total. The van der Waals surface area contributed by atoms with Gasteiger partial charge >= 0.3 is 35.5 Å². The van der Waals surface area contributed by atoms with Gasteiger partial charge in [0.1, 0.15) is 5.56 Å². The van der Waals surface area contributed by atoms with Crippen LogP contribution in [0.1, 0.15) is 35.3 Å². The van der Waals surface area contributed by atoms with Crippen molar-refractivity contribution in [1.29, 1.82) is 5.26 Å². The summed E-state index contributed by atoms with van der Waals surface area (Å²) in [4.78, 5) is 37.5. The van der Waals surface area contributed by atoms with Crippen LogP contribution in [0.3, 0.4) is 0 Å². The number of fused-ring (bicyclic) bond motifs is 1. The number of hydrogen-bond acceptors (Lipinski definition) is 6. The summed E-state index contributed by atoms with van der Waals surface area (Å²) in [6, 6.07) is 10.7. The number of hydrogen-bond donors (Lipinski definition) is 0. The molecule has 34 heavy (non-hydrogen) atoms. The zero-order valence-electron chi connectivity index (χ0n) is 18.9. The molecule has 0 radical (unpaired) electrons. The van der Waals surface area contributed by atoms with Crippen LogP contribution in [0.2, 0.25) is 5.02 Å². The molecule has 10 heteroatoms. The molecule has 3 aromatic rings. The minimum atomic E-state index is -0.985. The van der Waals surface area contributed by atoms with Crippen molar-refractivity contribution in [2.24, 2.45) is 0 Å². The van der Waals surface area contributed by atoms with Gasteiger partial charge in [0.15, 0.2) is 0 Å².